The molecule has 2 aliphatic carbocycles. The number of nitrogens with zero attached hydrogens (tertiary/aromatic N) is 4. The molecule has 4 aromatic carbocycles. The summed E-state index contributed by atoms with van der Waals surface area (Å²) in [6, 6.07) is 33.8. The Morgan fingerprint density at radius 3 is 1.24 bits per heavy atom. The number of amides is 4. The van der Waals surface area contributed by atoms with Crippen LogP contribution in [0.4, 0.5) is 0 Å². The van der Waals surface area contributed by atoms with Crippen LogP contribution in [0.3, 0.4) is 0 Å². The molecule has 6 aromatic rings. The maximum absolute atomic E-state index is 14.1. The molecule has 2 saturated heterocycles. The molecule has 4 heterocycles. The number of benzene rings is 4. The van der Waals surface area contributed by atoms with Gasteiger partial charge in [-0.2, -0.15) is 0 Å². The first-order chi connectivity index (χ1) is 30.4. The fraction of sp³-hybridized carbons (Fsp3) is 0.320. The minimum atomic E-state index is -0.731. The Kier molecular flexibility index (Phi) is 10.7. The lowest BCUT2D eigenvalue weighted by atomic mass is 10.0. The molecule has 4 amide bonds. The standard InChI is InChI=1S/C50H50N8O4/c59-47(37-23-24-37)55-43(35-9-3-1-4-10-35)49(61)57-27-7-13-41(57)45-51-29-39(53-45)33-19-15-31(16-20-33)32-17-21-34(22-18-32)40-30-52-46(54-40)42-14-8-28-58(42)50(62)44(36-11-5-2-6-12-36)56-48(60)38-25-26-38/h1-6,9-12,15-22,29-30,37-38,41-44H,7-8,13-14,23-28H2,(H,51,53)(H,52,54)(H,55,59)(H,56,60)/t41-,42-,43+,44+/m0/s1. The molecular formula is C50H50N8O4. The Hall–Kier alpha value is -6.82. The second-order valence-corrected chi connectivity index (χ2v) is 17.2. The largest absolute Gasteiger partial charge is 0.340 e. The van der Waals surface area contributed by atoms with Crippen LogP contribution < -0.4 is 10.6 Å². The van der Waals surface area contributed by atoms with Crippen molar-refractivity contribution in [2.24, 2.45) is 11.8 Å². The van der Waals surface area contributed by atoms with Gasteiger partial charge < -0.3 is 30.4 Å². The maximum atomic E-state index is 14.1. The van der Waals surface area contributed by atoms with Crippen LogP contribution in [0, 0.1) is 11.8 Å². The normalized spacial score (nSPS) is 19.5. The predicted octanol–water partition coefficient (Wildman–Crippen LogP) is 8.00. The van der Waals surface area contributed by atoms with Gasteiger partial charge in [-0.1, -0.05) is 109 Å². The number of likely N-dealkylation sites (tertiary alicyclic amines) is 2. The molecule has 4 atom stereocenters. The zero-order chi connectivity index (χ0) is 42.2. The number of imidazole rings is 2. The van der Waals surface area contributed by atoms with Gasteiger partial charge in [0.05, 0.1) is 35.9 Å². The van der Waals surface area contributed by atoms with E-state index in [1.54, 1.807) is 0 Å². The molecule has 4 aliphatic rings. The lowest BCUT2D eigenvalue weighted by molar-refractivity contribution is -0.138. The molecule has 0 spiro atoms. The third-order valence-corrected chi connectivity index (χ3v) is 12.8. The molecule has 12 nitrogen and oxygen atoms in total. The number of rotatable bonds is 13. The summed E-state index contributed by atoms with van der Waals surface area (Å²) in [7, 11) is 0. The summed E-state index contributed by atoms with van der Waals surface area (Å²) in [5.41, 5.74) is 7.44. The minimum absolute atomic E-state index is 0.000952. The highest BCUT2D eigenvalue weighted by Crippen LogP contribution is 2.38. The monoisotopic (exact) mass is 826 g/mol. The summed E-state index contributed by atoms with van der Waals surface area (Å²) in [5.74, 6) is 1.17. The predicted molar refractivity (Wildman–Crippen MR) is 235 cm³/mol. The van der Waals surface area contributed by atoms with Crippen molar-refractivity contribution < 1.29 is 19.2 Å². The Balaban J connectivity index is 0.797. The van der Waals surface area contributed by atoms with Gasteiger partial charge in [-0.05, 0) is 84.7 Å². The average molecular weight is 827 g/mol. The topological polar surface area (TPSA) is 156 Å². The molecule has 12 heteroatoms. The Bertz CT molecular complexity index is 2380. The van der Waals surface area contributed by atoms with Gasteiger partial charge in [0.15, 0.2) is 0 Å². The van der Waals surface area contributed by atoms with E-state index in [4.69, 9.17) is 9.97 Å². The molecule has 62 heavy (non-hydrogen) atoms. The quantitative estimate of drug-likeness (QED) is 0.0925. The van der Waals surface area contributed by atoms with Crippen molar-refractivity contribution in [3.8, 4) is 33.6 Å². The highest BCUT2D eigenvalue weighted by molar-refractivity contribution is 5.91. The molecule has 2 aromatic heterocycles. The number of nitrogens with one attached hydrogen (secondary N) is 4. The van der Waals surface area contributed by atoms with E-state index in [9.17, 15) is 19.2 Å². The van der Waals surface area contributed by atoms with E-state index in [0.717, 1.165) is 108 Å². The van der Waals surface area contributed by atoms with Crippen molar-refractivity contribution >= 4 is 23.6 Å². The molecule has 0 radical (unpaired) electrons. The molecule has 0 bridgehead atoms. The highest BCUT2D eigenvalue weighted by atomic mass is 16.2. The summed E-state index contributed by atoms with van der Waals surface area (Å²) in [6.45, 7) is 1.21. The van der Waals surface area contributed by atoms with Gasteiger partial charge in [-0.3, -0.25) is 19.2 Å². The van der Waals surface area contributed by atoms with Crippen molar-refractivity contribution in [2.75, 3.05) is 13.1 Å². The maximum Gasteiger partial charge on any atom is 0.250 e. The van der Waals surface area contributed by atoms with Gasteiger partial charge >= 0.3 is 0 Å². The van der Waals surface area contributed by atoms with Gasteiger partial charge in [-0.25, -0.2) is 9.97 Å². The van der Waals surface area contributed by atoms with Crippen LogP contribution in [0.1, 0.15) is 98.3 Å². The first-order valence-electron chi connectivity index (χ1n) is 22.0. The van der Waals surface area contributed by atoms with Crippen LogP contribution in [-0.4, -0.2) is 66.5 Å². The number of hydrogen-bond acceptors (Lipinski definition) is 6. The van der Waals surface area contributed by atoms with E-state index >= 15 is 0 Å². The Labute approximate surface area is 360 Å². The van der Waals surface area contributed by atoms with Crippen LogP contribution in [-0.2, 0) is 19.2 Å². The zero-order valence-electron chi connectivity index (χ0n) is 34.5. The van der Waals surface area contributed by atoms with Gasteiger partial charge in [0.25, 0.3) is 0 Å². The second kappa shape index (κ2) is 16.9. The van der Waals surface area contributed by atoms with E-state index in [1.165, 1.54) is 0 Å². The summed E-state index contributed by atoms with van der Waals surface area (Å²) < 4.78 is 0. The third-order valence-electron chi connectivity index (χ3n) is 12.8. The van der Waals surface area contributed by atoms with Crippen molar-refractivity contribution in [2.45, 2.75) is 75.5 Å². The number of carbonyl (C=O) groups excluding carboxylic acids is 4. The molecule has 2 aliphatic heterocycles. The SMILES string of the molecule is O=C(N[C@@H](C(=O)N1CCC[C@H]1c1ncc(-c2ccc(-c3ccc(-c4cnc([C@@H]5CCCN5C(=O)[C@H](NC(=O)C5CC5)c5ccccc5)[nH]4)cc3)cc2)[nH]1)c1ccccc1)C1CC1. The zero-order valence-corrected chi connectivity index (χ0v) is 34.5. The van der Waals surface area contributed by atoms with E-state index in [1.807, 2.05) is 82.9 Å². The van der Waals surface area contributed by atoms with Crippen molar-refractivity contribution in [1.29, 1.82) is 0 Å². The fourth-order valence-corrected chi connectivity index (χ4v) is 9.03. The fourth-order valence-electron chi connectivity index (χ4n) is 9.03. The van der Waals surface area contributed by atoms with E-state index in [-0.39, 0.29) is 47.5 Å². The third kappa shape index (κ3) is 8.16. The van der Waals surface area contributed by atoms with Gasteiger partial charge in [0.2, 0.25) is 23.6 Å². The molecule has 0 unspecified atom stereocenters. The Morgan fingerprint density at radius 2 is 0.871 bits per heavy atom. The molecule has 314 valence electrons. The summed E-state index contributed by atoms with van der Waals surface area (Å²) in [4.78, 5) is 74.1. The van der Waals surface area contributed by atoms with E-state index in [0.29, 0.717) is 13.1 Å². The highest BCUT2D eigenvalue weighted by Gasteiger charge is 2.41. The van der Waals surface area contributed by atoms with Crippen molar-refractivity contribution in [3.63, 3.8) is 0 Å². The molecule has 10 rings (SSSR count). The van der Waals surface area contributed by atoms with E-state index < -0.39 is 12.1 Å². The number of H-pyrrole nitrogens is 2. The molecular weight excluding hydrogens is 777 g/mol. The lowest BCUT2D eigenvalue weighted by Crippen LogP contribution is -2.43. The van der Waals surface area contributed by atoms with Crippen LogP contribution in [0.2, 0.25) is 0 Å². The summed E-state index contributed by atoms with van der Waals surface area (Å²) in [5, 5.41) is 6.10. The number of aromatic nitrogens is 4. The Morgan fingerprint density at radius 1 is 0.500 bits per heavy atom. The average Bonchev–Trinajstić information content (AvgIpc) is 4.07. The van der Waals surface area contributed by atoms with Gasteiger partial charge in [-0.15, -0.1) is 0 Å². The van der Waals surface area contributed by atoms with E-state index in [2.05, 4.69) is 69.1 Å². The smallest absolute Gasteiger partial charge is 0.250 e. The first-order valence-corrected chi connectivity index (χ1v) is 22.0. The summed E-state index contributed by atoms with van der Waals surface area (Å²) >= 11 is 0. The van der Waals surface area contributed by atoms with Gasteiger partial charge in [0, 0.05) is 24.9 Å². The molecule has 2 saturated carbocycles. The second-order valence-electron chi connectivity index (χ2n) is 17.2. The van der Waals surface area contributed by atoms with Gasteiger partial charge in [0.1, 0.15) is 23.7 Å². The number of aromatic amines is 2. The van der Waals surface area contributed by atoms with Crippen LogP contribution in [0.5, 0.6) is 0 Å². The molecule has 4 fully saturated rings. The van der Waals surface area contributed by atoms with Crippen molar-refractivity contribution in [3.05, 3.63) is 144 Å². The number of carbonyl (C=O) groups is 4. The minimum Gasteiger partial charge on any atom is -0.340 e. The lowest BCUT2D eigenvalue weighted by Gasteiger charge is -2.28. The molecule has 4 N–H and O–H groups in total. The first kappa shape index (κ1) is 39.3. The van der Waals surface area contributed by atoms with Crippen LogP contribution >= 0.6 is 0 Å². The number of hydrogen-bond donors (Lipinski definition) is 4. The van der Waals surface area contributed by atoms with Crippen LogP contribution in [0.15, 0.2) is 122 Å². The van der Waals surface area contributed by atoms with Crippen molar-refractivity contribution in [1.82, 2.24) is 40.4 Å². The summed E-state index contributed by atoms with van der Waals surface area (Å²) in [6.07, 6.45) is 10.5. The van der Waals surface area contributed by atoms with Crippen LogP contribution in [0.25, 0.3) is 33.6 Å².